The first kappa shape index (κ1) is 24.7. The van der Waals surface area contributed by atoms with Crippen LogP contribution in [0.3, 0.4) is 0 Å². The first-order valence-electron chi connectivity index (χ1n) is 13.3. The van der Waals surface area contributed by atoms with Crippen molar-refractivity contribution in [3.63, 3.8) is 0 Å². The van der Waals surface area contributed by atoms with Crippen LogP contribution in [0.4, 0.5) is 10.1 Å². The molecule has 2 aliphatic rings. The van der Waals surface area contributed by atoms with Crippen molar-refractivity contribution in [1.29, 1.82) is 0 Å². The number of nitrogens with zero attached hydrogens (tertiary/aromatic N) is 5. The number of anilines is 1. The van der Waals surface area contributed by atoms with Gasteiger partial charge in [0.05, 0.1) is 22.5 Å². The summed E-state index contributed by atoms with van der Waals surface area (Å²) in [6.07, 6.45) is 7.41. The largest absolute Gasteiger partial charge is 0.477 e. The minimum Gasteiger partial charge on any atom is -0.477 e. The summed E-state index contributed by atoms with van der Waals surface area (Å²) in [6.45, 7) is 9.68. The molecule has 5 rings (SSSR count). The maximum Gasteiger partial charge on any atom is 0.354 e. The second-order valence-electron chi connectivity index (χ2n) is 10.6. The molecule has 8 heteroatoms. The number of fused-ring (bicyclic) bond motifs is 1. The van der Waals surface area contributed by atoms with E-state index >= 15 is 0 Å². The molecule has 1 aromatic carbocycles. The van der Waals surface area contributed by atoms with Gasteiger partial charge in [0.1, 0.15) is 5.82 Å². The van der Waals surface area contributed by atoms with Crippen molar-refractivity contribution in [3.05, 3.63) is 47.5 Å². The highest BCUT2D eigenvalue weighted by Gasteiger charge is 2.27. The molecule has 0 saturated carbocycles. The molecule has 2 saturated heterocycles. The third kappa shape index (κ3) is 5.09. The standard InChI is InChI=1S/C28H36FN5O2/c1-19(2)26-25-24(33-16-11-20(12-17-33)6-5-15-32-13-3-4-14-32)18-23(28(35)36)30-27(25)34(31-26)22-9-7-21(29)8-10-22/h7-10,18-20H,3-6,11-17H2,1-2H3,(H,35,36). The number of aromatic nitrogens is 3. The molecular formula is C28H36FN5O2. The molecule has 2 aromatic heterocycles. The number of piperidine rings is 1. The lowest BCUT2D eigenvalue weighted by Gasteiger charge is -2.34. The minimum absolute atomic E-state index is 0.00352. The third-order valence-electron chi connectivity index (χ3n) is 7.72. The van der Waals surface area contributed by atoms with E-state index in [9.17, 15) is 14.3 Å². The quantitative estimate of drug-likeness (QED) is 0.448. The number of hydrogen-bond donors (Lipinski definition) is 1. The normalized spacial score (nSPS) is 17.5. The lowest BCUT2D eigenvalue weighted by Crippen LogP contribution is -2.34. The van der Waals surface area contributed by atoms with Crippen molar-refractivity contribution < 1.29 is 14.3 Å². The lowest BCUT2D eigenvalue weighted by atomic mass is 9.91. The number of benzene rings is 1. The van der Waals surface area contributed by atoms with Gasteiger partial charge in [0.15, 0.2) is 11.3 Å². The molecule has 4 heterocycles. The Bertz CT molecular complexity index is 1210. The summed E-state index contributed by atoms with van der Waals surface area (Å²) in [5.41, 5.74) is 2.94. The summed E-state index contributed by atoms with van der Waals surface area (Å²) < 4.78 is 15.2. The monoisotopic (exact) mass is 493 g/mol. The van der Waals surface area contributed by atoms with Crippen LogP contribution in [0.25, 0.3) is 16.7 Å². The van der Waals surface area contributed by atoms with Crippen LogP contribution in [0.15, 0.2) is 30.3 Å². The molecule has 192 valence electrons. The zero-order valence-electron chi connectivity index (χ0n) is 21.3. The zero-order valence-corrected chi connectivity index (χ0v) is 21.3. The number of likely N-dealkylation sites (tertiary alicyclic amines) is 1. The predicted molar refractivity (Wildman–Crippen MR) is 140 cm³/mol. The van der Waals surface area contributed by atoms with Crippen LogP contribution in [-0.2, 0) is 0 Å². The molecule has 0 amide bonds. The first-order chi connectivity index (χ1) is 17.4. The smallest absolute Gasteiger partial charge is 0.354 e. The average molecular weight is 494 g/mol. The summed E-state index contributed by atoms with van der Waals surface area (Å²) in [5, 5.41) is 15.6. The van der Waals surface area contributed by atoms with Gasteiger partial charge in [0.2, 0.25) is 0 Å². The molecule has 3 aromatic rings. The Morgan fingerprint density at radius 2 is 1.81 bits per heavy atom. The Labute approximate surface area is 211 Å². The van der Waals surface area contributed by atoms with Crippen molar-refractivity contribution in [1.82, 2.24) is 19.7 Å². The Hall–Kier alpha value is -3.00. The molecule has 7 nitrogen and oxygen atoms in total. The average Bonchev–Trinajstić information content (AvgIpc) is 3.53. The number of rotatable bonds is 8. The number of halogens is 1. The van der Waals surface area contributed by atoms with Crippen molar-refractivity contribution in [2.45, 2.75) is 58.3 Å². The highest BCUT2D eigenvalue weighted by molar-refractivity contribution is 5.98. The highest BCUT2D eigenvalue weighted by Crippen LogP contribution is 2.37. The molecule has 0 radical (unpaired) electrons. The second-order valence-corrected chi connectivity index (χ2v) is 10.6. The van der Waals surface area contributed by atoms with E-state index in [1.165, 1.54) is 57.5 Å². The Morgan fingerprint density at radius 3 is 2.44 bits per heavy atom. The van der Waals surface area contributed by atoms with Gasteiger partial charge in [-0.1, -0.05) is 13.8 Å². The third-order valence-corrected chi connectivity index (χ3v) is 7.72. The predicted octanol–water partition coefficient (Wildman–Crippen LogP) is 5.47. The van der Waals surface area contributed by atoms with Crippen LogP contribution >= 0.6 is 0 Å². The summed E-state index contributed by atoms with van der Waals surface area (Å²) in [6, 6.07) is 7.77. The van der Waals surface area contributed by atoms with Gasteiger partial charge in [-0.2, -0.15) is 5.10 Å². The fourth-order valence-corrected chi connectivity index (χ4v) is 5.72. The number of carboxylic acid groups (broad SMARTS) is 1. The van der Waals surface area contributed by atoms with Gasteiger partial charge in [-0.05, 0) is 100 Å². The van der Waals surface area contributed by atoms with Gasteiger partial charge in [-0.25, -0.2) is 18.9 Å². The summed E-state index contributed by atoms with van der Waals surface area (Å²) in [4.78, 5) is 21.4. The molecule has 0 unspecified atom stereocenters. The van der Waals surface area contributed by atoms with Crippen LogP contribution < -0.4 is 4.90 Å². The zero-order chi connectivity index (χ0) is 25.2. The molecule has 2 fully saturated rings. The lowest BCUT2D eigenvalue weighted by molar-refractivity contribution is 0.0691. The van der Waals surface area contributed by atoms with Crippen LogP contribution in [0.2, 0.25) is 0 Å². The van der Waals surface area contributed by atoms with E-state index in [2.05, 4.69) is 28.6 Å². The van der Waals surface area contributed by atoms with Crippen LogP contribution in [0.5, 0.6) is 0 Å². The van der Waals surface area contributed by atoms with Crippen molar-refractivity contribution in [3.8, 4) is 5.69 Å². The van der Waals surface area contributed by atoms with Crippen molar-refractivity contribution in [2.75, 3.05) is 37.6 Å². The van der Waals surface area contributed by atoms with E-state index < -0.39 is 5.97 Å². The number of carbonyl (C=O) groups is 1. The SMILES string of the molecule is CC(C)c1nn(-c2ccc(F)cc2)c2nc(C(=O)O)cc(N3CCC(CCCN4CCCC4)CC3)c12. The molecule has 2 aliphatic heterocycles. The summed E-state index contributed by atoms with van der Waals surface area (Å²) in [7, 11) is 0. The van der Waals surface area contributed by atoms with Gasteiger partial charge in [-0.15, -0.1) is 0 Å². The van der Waals surface area contributed by atoms with Gasteiger partial charge >= 0.3 is 5.97 Å². The van der Waals surface area contributed by atoms with Crippen LogP contribution in [-0.4, -0.2) is 63.5 Å². The maximum absolute atomic E-state index is 13.6. The molecular weight excluding hydrogens is 457 g/mol. The topological polar surface area (TPSA) is 74.5 Å². The summed E-state index contributed by atoms with van der Waals surface area (Å²) >= 11 is 0. The number of aromatic carboxylic acids is 1. The second kappa shape index (κ2) is 10.5. The van der Waals surface area contributed by atoms with E-state index in [1.807, 2.05) is 0 Å². The molecule has 36 heavy (non-hydrogen) atoms. The van der Waals surface area contributed by atoms with Crippen molar-refractivity contribution in [2.24, 2.45) is 5.92 Å². The summed E-state index contributed by atoms with van der Waals surface area (Å²) in [5.74, 6) is -0.560. The fraction of sp³-hybridized carbons (Fsp3) is 0.536. The number of pyridine rings is 1. The highest BCUT2D eigenvalue weighted by atomic mass is 19.1. The molecule has 0 bridgehead atoms. The Morgan fingerprint density at radius 1 is 1.11 bits per heavy atom. The molecule has 0 aliphatic carbocycles. The van der Waals surface area contributed by atoms with Crippen LogP contribution in [0, 0.1) is 11.7 Å². The van der Waals surface area contributed by atoms with Crippen LogP contribution in [0.1, 0.15) is 74.5 Å². The molecule has 1 N–H and O–H groups in total. The maximum atomic E-state index is 13.6. The Kier molecular flexibility index (Phi) is 7.23. The van der Waals surface area contributed by atoms with E-state index in [1.54, 1.807) is 22.9 Å². The van der Waals surface area contributed by atoms with Gasteiger partial charge in [-0.3, -0.25) is 0 Å². The van der Waals surface area contributed by atoms with Gasteiger partial charge < -0.3 is 14.9 Å². The number of carboxylic acids is 1. The molecule has 0 spiro atoms. The van der Waals surface area contributed by atoms with E-state index in [4.69, 9.17) is 5.10 Å². The molecule has 0 atom stereocenters. The van der Waals surface area contributed by atoms with Crippen molar-refractivity contribution >= 4 is 22.7 Å². The van der Waals surface area contributed by atoms with E-state index in [-0.39, 0.29) is 17.4 Å². The number of hydrogen-bond acceptors (Lipinski definition) is 5. The van der Waals surface area contributed by atoms with E-state index in [0.29, 0.717) is 17.3 Å². The van der Waals surface area contributed by atoms with Gasteiger partial charge in [0.25, 0.3) is 0 Å². The van der Waals surface area contributed by atoms with Gasteiger partial charge in [0, 0.05) is 13.1 Å². The first-order valence-corrected chi connectivity index (χ1v) is 13.3. The fourth-order valence-electron chi connectivity index (χ4n) is 5.72. The minimum atomic E-state index is -1.06. The Balaban J connectivity index is 1.43. The van der Waals surface area contributed by atoms with E-state index in [0.717, 1.165) is 42.7 Å².